The van der Waals surface area contributed by atoms with E-state index in [2.05, 4.69) is 10.4 Å². The number of nitrogens with one attached hydrogen (secondary N) is 1. The third-order valence-electron chi connectivity index (χ3n) is 4.50. The molecular weight excluding hydrogens is 395 g/mol. The van der Waals surface area contributed by atoms with Crippen molar-refractivity contribution in [1.29, 1.82) is 0 Å². The topological polar surface area (TPSA) is 85.8 Å². The van der Waals surface area contributed by atoms with Gasteiger partial charge in [0.1, 0.15) is 28.5 Å². The van der Waals surface area contributed by atoms with Crippen molar-refractivity contribution in [2.75, 3.05) is 4.90 Å². The van der Waals surface area contributed by atoms with Crippen LogP contribution in [0.2, 0.25) is 0 Å². The highest BCUT2D eigenvalue weighted by atomic mass is 32.2. The smallest absolute Gasteiger partial charge is 0.426 e. The van der Waals surface area contributed by atoms with E-state index < -0.39 is 12.1 Å². The van der Waals surface area contributed by atoms with Crippen molar-refractivity contribution < 1.29 is 19.1 Å². The Bertz CT molecular complexity index is 951. The van der Waals surface area contributed by atoms with E-state index >= 15 is 0 Å². The molecule has 0 radical (unpaired) electrons. The Labute approximate surface area is 172 Å². The van der Waals surface area contributed by atoms with Gasteiger partial charge in [-0.25, -0.2) is 14.2 Å². The number of allylic oxidation sites excluding steroid dienone is 1. The van der Waals surface area contributed by atoms with Crippen LogP contribution < -0.4 is 10.3 Å². The van der Waals surface area contributed by atoms with Crippen LogP contribution >= 0.6 is 11.8 Å². The maximum absolute atomic E-state index is 13.4. The van der Waals surface area contributed by atoms with Crippen molar-refractivity contribution in [3.8, 4) is 0 Å². The molecule has 1 aromatic carbocycles. The number of aryl methyl sites for hydroxylation is 1. The molecule has 0 fully saturated rings. The Morgan fingerprint density at radius 3 is 2.62 bits per heavy atom. The number of carbonyl (C=O) groups excluding carboxylic acids is 1. The van der Waals surface area contributed by atoms with E-state index in [1.54, 1.807) is 18.3 Å². The predicted octanol–water partition coefficient (Wildman–Crippen LogP) is 4.04. The fraction of sp³-hybridized carbons (Fsp3) is 0.250. The zero-order valence-electron chi connectivity index (χ0n) is 16.2. The Morgan fingerprint density at radius 1 is 1.34 bits per heavy atom. The summed E-state index contributed by atoms with van der Waals surface area (Å²) in [5.41, 5.74) is 6.19. The minimum absolute atomic E-state index is 0.216. The van der Waals surface area contributed by atoms with Crippen molar-refractivity contribution in [2.45, 2.75) is 32.2 Å². The highest BCUT2D eigenvalue weighted by Gasteiger charge is 2.35. The van der Waals surface area contributed by atoms with Crippen molar-refractivity contribution in [2.24, 2.45) is 0 Å². The summed E-state index contributed by atoms with van der Waals surface area (Å²) in [6.07, 6.45) is 1.01. The van der Waals surface area contributed by atoms with Gasteiger partial charge in [-0.15, -0.1) is 0 Å². The van der Waals surface area contributed by atoms with Gasteiger partial charge in [0, 0.05) is 23.3 Å². The van der Waals surface area contributed by atoms with E-state index in [9.17, 15) is 19.1 Å². The van der Waals surface area contributed by atoms with Gasteiger partial charge < -0.3 is 14.8 Å². The number of hydrazine groups is 1. The van der Waals surface area contributed by atoms with Crippen LogP contribution in [0.5, 0.6) is 0 Å². The van der Waals surface area contributed by atoms with Gasteiger partial charge in [-0.05, 0) is 62.7 Å². The second-order valence-corrected chi connectivity index (χ2v) is 7.69. The maximum Gasteiger partial charge on any atom is 0.426 e. The molecule has 0 saturated heterocycles. The summed E-state index contributed by atoms with van der Waals surface area (Å²) < 4.78 is 13.4. The van der Waals surface area contributed by atoms with Crippen molar-refractivity contribution in [3.63, 3.8) is 0 Å². The lowest BCUT2D eigenvalue weighted by Gasteiger charge is -2.28. The normalized spacial score (nSPS) is 17.2. The number of thioether (sulfide) groups is 1. The Kier molecular flexibility index (Phi) is 6.07. The Balaban J connectivity index is 2.02. The molecule has 1 aliphatic rings. The van der Waals surface area contributed by atoms with Crippen LogP contribution in [0.1, 0.15) is 30.5 Å². The molecule has 7 nitrogen and oxygen atoms in total. The molecule has 9 heteroatoms. The van der Waals surface area contributed by atoms with E-state index in [1.165, 1.54) is 30.8 Å². The fourth-order valence-corrected chi connectivity index (χ4v) is 4.32. The first-order valence-corrected chi connectivity index (χ1v) is 9.78. The van der Waals surface area contributed by atoms with Gasteiger partial charge in [0.15, 0.2) is 0 Å². The monoisotopic (exact) mass is 416 g/mol. The van der Waals surface area contributed by atoms with E-state index in [0.29, 0.717) is 11.3 Å². The maximum atomic E-state index is 13.4. The number of rotatable bonds is 6. The predicted molar refractivity (Wildman–Crippen MR) is 109 cm³/mol. The number of hydrogen-bond donors (Lipinski definition) is 2. The number of benzene rings is 1. The molecule has 2 atom stereocenters. The van der Waals surface area contributed by atoms with Crippen molar-refractivity contribution >= 4 is 29.8 Å². The number of aldehydes is 1. The number of hydrogen-bond acceptors (Lipinski definition) is 6. The summed E-state index contributed by atoms with van der Waals surface area (Å²) in [4.78, 5) is 28.9. The molecule has 0 spiro atoms. The second-order valence-electron chi connectivity index (χ2n) is 6.60. The summed E-state index contributed by atoms with van der Waals surface area (Å²) in [7, 11) is 0. The number of pyridine rings is 1. The minimum Gasteiger partial charge on any atom is -0.464 e. The van der Waals surface area contributed by atoms with Crippen LogP contribution in [-0.2, 0) is 4.79 Å². The van der Waals surface area contributed by atoms with Gasteiger partial charge in [-0.1, -0.05) is 11.8 Å². The van der Waals surface area contributed by atoms with Gasteiger partial charge in [-0.3, -0.25) is 10.4 Å². The van der Waals surface area contributed by atoms with Crippen LogP contribution in [0, 0.1) is 12.7 Å². The number of carboxylic acid groups (broad SMARTS) is 1. The minimum atomic E-state index is -1.26. The SMILES string of the molecule is CC1=C(NN(C(=O)O)C(C)C=O)S[C@@H](c2ccnc(C)c2)N1c1ccc(F)cc1. The van der Waals surface area contributed by atoms with Crippen molar-refractivity contribution in [3.05, 3.63) is 70.4 Å². The first-order valence-electron chi connectivity index (χ1n) is 8.90. The van der Waals surface area contributed by atoms with Gasteiger partial charge in [-0.2, -0.15) is 0 Å². The molecule has 2 aromatic rings. The summed E-state index contributed by atoms with van der Waals surface area (Å²) in [6.45, 7) is 5.23. The third kappa shape index (κ3) is 4.34. The largest absolute Gasteiger partial charge is 0.464 e. The highest BCUT2D eigenvalue weighted by molar-refractivity contribution is 8.03. The van der Waals surface area contributed by atoms with E-state index in [1.807, 2.05) is 30.9 Å². The average molecular weight is 416 g/mol. The number of anilines is 1. The van der Waals surface area contributed by atoms with Crippen LogP contribution in [0.15, 0.2) is 53.3 Å². The first kappa shape index (κ1) is 20.7. The first-order chi connectivity index (χ1) is 13.8. The number of halogens is 1. The zero-order valence-corrected chi connectivity index (χ0v) is 17.0. The Hall–Kier alpha value is -3.07. The quantitative estimate of drug-likeness (QED) is 0.543. The van der Waals surface area contributed by atoms with Gasteiger partial charge >= 0.3 is 6.09 Å². The summed E-state index contributed by atoms with van der Waals surface area (Å²) >= 11 is 1.41. The molecule has 0 saturated carbocycles. The molecule has 2 N–H and O–H groups in total. The highest BCUT2D eigenvalue weighted by Crippen LogP contribution is 2.48. The molecule has 2 heterocycles. The molecule has 152 valence electrons. The molecule has 0 aliphatic carbocycles. The lowest BCUT2D eigenvalue weighted by molar-refractivity contribution is -0.112. The van der Waals surface area contributed by atoms with Gasteiger partial charge in [0.25, 0.3) is 0 Å². The second kappa shape index (κ2) is 8.52. The molecule has 1 unspecified atom stereocenters. The van der Waals surface area contributed by atoms with E-state index in [0.717, 1.165) is 27.7 Å². The van der Waals surface area contributed by atoms with E-state index in [4.69, 9.17) is 0 Å². The standard InChI is InChI=1S/C20H21FN4O3S/c1-12-10-15(8-9-22-12)19-24(17-6-4-16(21)5-7-17)14(3)18(29-19)23-25(20(27)28)13(2)11-26/h4-11,13,19,23H,1-3H3,(H,27,28)/t13?,19-/m0/s1. The summed E-state index contributed by atoms with van der Waals surface area (Å²) in [6, 6.07) is 9.08. The number of nitrogens with zero attached hydrogens (tertiary/aromatic N) is 3. The fourth-order valence-electron chi connectivity index (χ4n) is 3.01. The van der Waals surface area contributed by atoms with Crippen LogP contribution in [-0.4, -0.2) is 33.5 Å². The van der Waals surface area contributed by atoms with Gasteiger partial charge in [0.05, 0.1) is 0 Å². The Morgan fingerprint density at radius 2 is 2.03 bits per heavy atom. The third-order valence-corrected chi connectivity index (χ3v) is 5.83. The van der Waals surface area contributed by atoms with Gasteiger partial charge in [0.2, 0.25) is 0 Å². The van der Waals surface area contributed by atoms with E-state index in [-0.39, 0.29) is 11.2 Å². The summed E-state index contributed by atoms with van der Waals surface area (Å²) in [5, 5.41) is 10.7. The molecule has 1 aromatic heterocycles. The summed E-state index contributed by atoms with van der Waals surface area (Å²) in [5.74, 6) is -0.339. The molecule has 1 aliphatic heterocycles. The molecule has 0 bridgehead atoms. The molecular formula is C20H21FN4O3S. The van der Waals surface area contributed by atoms with Crippen LogP contribution in [0.25, 0.3) is 0 Å². The molecule has 29 heavy (non-hydrogen) atoms. The number of aromatic nitrogens is 1. The molecule has 3 rings (SSSR count). The van der Waals surface area contributed by atoms with Crippen LogP contribution in [0.3, 0.4) is 0 Å². The zero-order chi connectivity index (χ0) is 21.1. The average Bonchev–Trinajstić information content (AvgIpc) is 3.02. The lowest BCUT2D eigenvalue weighted by Crippen LogP contribution is -2.47. The van der Waals surface area contributed by atoms with Crippen LogP contribution in [0.4, 0.5) is 14.9 Å². The number of amides is 1. The van der Waals surface area contributed by atoms with Crippen molar-refractivity contribution in [1.82, 2.24) is 15.4 Å². The lowest BCUT2D eigenvalue weighted by atomic mass is 10.2. The molecule has 1 amide bonds. The number of carbonyl (C=O) groups is 2.